The monoisotopic (exact) mass is 382 g/mol. The van der Waals surface area contributed by atoms with E-state index >= 15 is 0 Å². The van der Waals surface area contributed by atoms with Crippen molar-refractivity contribution in [3.8, 4) is 11.1 Å². The Bertz CT molecular complexity index is 1110. The van der Waals surface area contributed by atoms with Gasteiger partial charge in [0.15, 0.2) is 5.78 Å². The molecule has 1 aliphatic heterocycles. The highest BCUT2D eigenvalue weighted by Crippen LogP contribution is 2.36. The summed E-state index contributed by atoms with van der Waals surface area (Å²) < 4.78 is 41.0. The maximum atomic E-state index is 13.1. The minimum atomic E-state index is -4.45. The maximum absolute atomic E-state index is 13.1. The fraction of sp³-hybridized carbons (Fsp3) is 0.182. The zero-order valence-corrected chi connectivity index (χ0v) is 15.3. The zero-order valence-electron chi connectivity index (χ0n) is 15.3. The average Bonchev–Trinajstić information content (AvgIpc) is 2.97. The van der Waals surface area contributed by atoms with Crippen molar-refractivity contribution < 1.29 is 18.0 Å². The Balaban J connectivity index is 1.87. The number of nitrogens with zero attached hydrogens (tertiary/aromatic N) is 2. The van der Waals surface area contributed by atoms with E-state index in [4.69, 9.17) is 0 Å². The number of carbonyl (C=O) groups is 1. The number of alkyl halides is 3. The molecule has 0 spiro atoms. The van der Waals surface area contributed by atoms with E-state index in [0.717, 1.165) is 34.5 Å². The molecular formula is C22H17F3N2O. The van der Waals surface area contributed by atoms with E-state index in [1.807, 2.05) is 38.1 Å². The van der Waals surface area contributed by atoms with Crippen LogP contribution in [0.1, 0.15) is 28.1 Å². The second-order valence-corrected chi connectivity index (χ2v) is 6.94. The first kappa shape index (κ1) is 18.2. The van der Waals surface area contributed by atoms with Gasteiger partial charge >= 0.3 is 6.18 Å². The van der Waals surface area contributed by atoms with E-state index in [-0.39, 0.29) is 12.2 Å². The molecule has 0 bridgehead atoms. The van der Waals surface area contributed by atoms with Gasteiger partial charge in [0.05, 0.1) is 29.1 Å². The van der Waals surface area contributed by atoms with Crippen molar-refractivity contribution in [2.45, 2.75) is 26.4 Å². The molecule has 0 unspecified atom stereocenters. The van der Waals surface area contributed by atoms with Crippen LogP contribution < -0.4 is 0 Å². The number of carbonyl (C=O) groups excluding carboxylic acids is 1. The van der Waals surface area contributed by atoms with E-state index in [1.165, 1.54) is 12.1 Å². The van der Waals surface area contributed by atoms with Crippen LogP contribution in [0, 0.1) is 13.8 Å². The summed E-state index contributed by atoms with van der Waals surface area (Å²) in [6, 6.07) is 12.9. The molecule has 6 heteroatoms. The number of hydrogen-bond acceptors (Lipinski definition) is 2. The van der Waals surface area contributed by atoms with Crippen LogP contribution in [0.4, 0.5) is 13.2 Å². The van der Waals surface area contributed by atoms with Gasteiger partial charge in [-0.15, -0.1) is 0 Å². The lowest BCUT2D eigenvalue weighted by Gasteiger charge is -2.18. The molecule has 0 saturated heterocycles. The Morgan fingerprint density at radius 1 is 1.00 bits per heavy atom. The van der Waals surface area contributed by atoms with Crippen LogP contribution in [-0.4, -0.2) is 15.6 Å². The summed E-state index contributed by atoms with van der Waals surface area (Å²) in [5.74, 6) is -0.159. The molecule has 0 N–H and O–H groups in total. The number of hydrogen-bond donors (Lipinski definition) is 0. The van der Waals surface area contributed by atoms with E-state index in [0.29, 0.717) is 17.0 Å². The predicted octanol–water partition coefficient (Wildman–Crippen LogP) is 5.20. The number of benzene rings is 2. The van der Waals surface area contributed by atoms with Crippen LogP contribution in [-0.2, 0) is 17.4 Å². The Morgan fingerprint density at radius 2 is 1.71 bits per heavy atom. The highest BCUT2D eigenvalue weighted by Gasteiger charge is 2.32. The molecule has 0 amide bonds. The van der Waals surface area contributed by atoms with Crippen LogP contribution in [0.15, 0.2) is 54.6 Å². The SMILES string of the molecule is Cc1ccc(-c2c(C)nn3c2CC(=O)C=C3c2cccc(C(F)(F)F)c2)cc1. The molecule has 3 aromatic rings. The molecule has 3 nitrogen and oxygen atoms in total. The van der Waals surface area contributed by atoms with E-state index < -0.39 is 11.7 Å². The number of aryl methyl sites for hydroxylation is 2. The fourth-order valence-corrected chi connectivity index (χ4v) is 3.52. The van der Waals surface area contributed by atoms with Crippen LogP contribution in [0.3, 0.4) is 0 Å². The number of halogens is 3. The third kappa shape index (κ3) is 3.15. The lowest BCUT2D eigenvalue weighted by Crippen LogP contribution is -2.17. The summed E-state index contributed by atoms with van der Waals surface area (Å²) in [5.41, 5.74) is 4.23. The molecule has 0 saturated carbocycles. The van der Waals surface area contributed by atoms with Gasteiger partial charge in [0.25, 0.3) is 0 Å². The van der Waals surface area contributed by atoms with Gasteiger partial charge in [0.2, 0.25) is 0 Å². The first-order valence-corrected chi connectivity index (χ1v) is 8.82. The van der Waals surface area contributed by atoms with Crippen molar-refractivity contribution in [1.82, 2.24) is 9.78 Å². The molecule has 1 aromatic heterocycles. The van der Waals surface area contributed by atoms with Crippen molar-refractivity contribution in [3.05, 3.63) is 82.7 Å². The third-order valence-corrected chi connectivity index (χ3v) is 4.85. The minimum absolute atomic E-state index is 0.159. The Kier molecular flexibility index (Phi) is 4.22. The van der Waals surface area contributed by atoms with Gasteiger partial charge in [-0.3, -0.25) is 4.79 Å². The normalized spacial score (nSPS) is 14.0. The lowest BCUT2D eigenvalue weighted by molar-refractivity contribution is -0.137. The largest absolute Gasteiger partial charge is 0.416 e. The van der Waals surface area contributed by atoms with Crippen LogP contribution in [0.2, 0.25) is 0 Å². The highest BCUT2D eigenvalue weighted by atomic mass is 19.4. The molecule has 28 heavy (non-hydrogen) atoms. The summed E-state index contributed by atoms with van der Waals surface area (Å²) in [4.78, 5) is 12.4. The standard InChI is InChI=1S/C22H17F3N2O/c1-13-6-8-15(9-7-13)21-14(2)26-27-19(11-18(28)12-20(21)27)16-4-3-5-17(10-16)22(23,24)25/h3-11H,12H2,1-2H3. The molecule has 2 heterocycles. The van der Waals surface area contributed by atoms with Crippen molar-refractivity contribution in [3.63, 3.8) is 0 Å². The topological polar surface area (TPSA) is 34.9 Å². The Hall–Kier alpha value is -3.15. The van der Waals surface area contributed by atoms with Gasteiger partial charge in [-0.05, 0) is 31.5 Å². The zero-order chi connectivity index (χ0) is 20.1. The van der Waals surface area contributed by atoms with Crippen molar-refractivity contribution in [1.29, 1.82) is 0 Å². The molecule has 0 atom stereocenters. The summed E-state index contributed by atoms with van der Waals surface area (Å²) in [5, 5.41) is 4.55. The van der Waals surface area contributed by atoms with Gasteiger partial charge in [-0.1, -0.05) is 42.0 Å². The quantitative estimate of drug-likeness (QED) is 0.611. The predicted molar refractivity (Wildman–Crippen MR) is 101 cm³/mol. The molecule has 142 valence electrons. The minimum Gasteiger partial charge on any atom is -0.294 e. The van der Waals surface area contributed by atoms with Gasteiger partial charge in [0, 0.05) is 17.2 Å². The molecule has 4 rings (SSSR count). The molecule has 0 radical (unpaired) electrons. The number of rotatable bonds is 2. The lowest BCUT2D eigenvalue weighted by atomic mass is 9.96. The first-order valence-electron chi connectivity index (χ1n) is 8.82. The third-order valence-electron chi connectivity index (χ3n) is 4.85. The molecule has 0 aliphatic carbocycles. The van der Waals surface area contributed by atoms with Crippen LogP contribution in [0.25, 0.3) is 16.8 Å². The maximum Gasteiger partial charge on any atom is 0.416 e. The summed E-state index contributed by atoms with van der Waals surface area (Å²) in [7, 11) is 0. The van der Waals surface area contributed by atoms with E-state index in [2.05, 4.69) is 5.10 Å². The summed E-state index contributed by atoms with van der Waals surface area (Å²) in [6.07, 6.45) is -2.93. The van der Waals surface area contributed by atoms with Gasteiger partial charge in [-0.25, -0.2) is 4.68 Å². The van der Waals surface area contributed by atoms with E-state index in [1.54, 1.807) is 10.7 Å². The highest BCUT2D eigenvalue weighted by molar-refractivity contribution is 6.01. The average molecular weight is 382 g/mol. The van der Waals surface area contributed by atoms with Crippen LogP contribution >= 0.6 is 0 Å². The van der Waals surface area contributed by atoms with Crippen molar-refractivity contribution >= 4 is 11.5 Å². The number of ketones is 1. The second-order valence-electron chi connectivity index (χ2n) is 6.94. The van der Waals surface area contributed by atoms with E-state index in [9.17, 15) is 18.0 Å². The number of aromatic nitrogens is 2. The van der Waals surface area contributed by atoms with Crippen LogP contribution in [0.5, 0.6) is 0 Å². The van der Waals surface area contributed by atoms with Crippen molar-refractivity contribution in [2.24, 2.45) is 0 Å². The second kappa shape index (κ2) is 6.48. The fourth-order valence-electron chi connectivity index (χ4n) is 3.52. The Labute approximate surface area is 160 Å². The molecule has 0 fully saturated rings. The molecular weight excluding hydrogens is 365 g/mol. The number of allylic oxidation sites excluding steroid dienone is 1. The first-order chi connectivity index (χ1) is 13.2. The Morgan fingerprint density at radius 3 is 2.39 bits per heavy atom. The molecule has 2 aromatic carbocycles. The summed E-state index contributed by atoms with van der Waals surface area (Å²) >= 11 is 0. The summed E-state index contributed by atoms with van der Waals surface area (Å²) in [6.45, 7) is 3.83. The van der Waals surface area contributed by atoms with Gasteiger partial charge in [-0.2, -0.15) is 18.3 Å². The van der Waals surface area contributed by atoms with Crippen molar-refractivity contribution in [2.75, 3.05) is 0 Å². The molecule has 1 aliphatic rings. The van der Waals surface area contributed by atoms with Gasteiger partial charge < -0.3 is 0 Å². The smallest absolute Gasteiger partial charge is 0.294 e. The van der Waals surface area contributed by atoms with Gasteiger partial charge in [0.1, 0.15) is 0 Å². The number of fused-ring (bicyclic) bond motifs is 1.